The van der Waals surface area contributed by atoms with Gasteiger partial charge in [0, 0.05) is 25.6 Å². The van der Waals surface area contributed by atoms with Gasteiger partial charge in [-0.25, -0.2) is 12.8 Å². The first-order valence-electron chi connectivity index (χ1n) is 15.5. The topological polar surface area (TPSA) is 105 Å². The van der Waals surface area contributed by atoms with Crippen LogP contribution in [0.5, 0.6) is 11.5 Å². The van der Waals surface area contributed by atoms with Crippen molar-refractivity contribution in [3.05, 3.63) is 120 Å². The second kappa shape index (κ2) is 15.1. The molecule has 0 radical (unpaired) electrons. The fourth-order valence-corrected chi connectivity index (χ4v) is 6.77. The lowest BCUT2D eigenvalue weighted by atomic mass is 10.0. The monoisotopic (exact) mass is 659 g/mol. The van der Waals surface area contributed by atoms with Crippen LogP contribution >= 0.6 is 0 Å². The van der Waals surface area contributed by atoms with Gasteiger partial charge in [-0.05, 0) is 66.4 Å². The lowest BCUT2D eigenvalue weighted by molar-refractivity contribution is -0.140. The summed E-state index contributed by atoms with van der Waals surface area (Å²) in [4.78, 5) is 29.6. The van der Waals surface area contributed by atoms with Crippen LogP contribution in [0.25, 0.3) is 0 Å². The molecule has 9 nitrogen and oxygen atoms in total. The van der Waals surface area contributed by atoms with Crippen molar-refractivity contribution in [2.45, 2.75) is 44.2 Å². The Bertz CT molecular complexity index is 1800. The van der Waals surface area contributed by atoms with E-state index in [0.29, 0.717) is 25.3 Å². The van der Waals surface area contributed by atoms with Crippen LogP contribution < -0.4 is 19.1 Å². The van der Waals surface area contributed by atoms with E-state index in [-0.39, 0.29) is 41.8 Å². The highest BCUT2D eigenvalue weighted by Crippen LogP contribution is 2.34. The first kappa shape index (κ1) is 33.5. The zero-order valence-electron chi connectivity index (χ0n) is 26.4. The average molecular weight is 660 g/mol. The summed E-state index contributed by atoms with van der Waals surface area (Å²) in [7, 11) is -4.40. The number of amides is 2. The first-order valence-corrected chi connectivity index (χ1v) is 16.9. The van der Waals surface area contributed by atoms with E-state index in [9.17, 15) is 22.4 Å². The van der Waals surface area contributed by atoms with Crippen molar-refractivity contribution in [2.24, 2.45) is 0 Å². The Kier molecular flexibility index (Phi) is 10.8. The number of carbonyl (C=O) groups is 2. The van der Waals surface area contributed by atoms with Crippen LogP contribution in [0, 0.1) is 12.7 Å². The van der Waals surface area contributed by atoms with Gasteiger partial charge >= 0.3 is 0 Å². The molecule has 0 saturated carbocycles. The Balaban J connectivity index is 1.57. The number of nitrogens with zero attached hydrogens (tertiary/aromatic N) is 2. The average Bonchev–Trinajstić information content (AvgIpc) is 3.09. The van der Waals surface area contributed by atoms with Gasteiger partial charge < -0.3 is 19.7 Å². The van der Waals surface area contributed by atoms with Gasteiger partial charge in [0.05, 0.1) is 10.6 Å². The maximum Gasteiger partial charge on any atom is 0.264 e. The number of anilines is 1. The summed E-state index contributed by atoms with van der Waals surface area (Å²) in [6.45, 7) is 4.27. The summed E-state index contributed by atoms with van der Waals surface area (Å²) in [5, 5.41) is 2.93. The van der Waals surface area contributed by atoms with Crippen LogP contribution in [-0.2, 0) is 32.6 Å². The smallest absolute Gasteiger partial charge is 0.264 e. The molecule has 5 rings (SSSR count). The van der Waals surface area contributed by atoms with Crippen molar-refractivity contribution >= 4 is 27.5 Å². The van der Waals surface area contributed by atoms with E-state index in [4.69, 9.17) is 9.47 Å². The van der Waals surface area contributed by atoms with Gasteiger partial charge in [0.2, 0.25) is 11.8 Å². The molecule has 2 amide bonds. The van der Waals surface area contributed by atoms with Crippen molar-refractivity contribution in [3.63, 3.8) is 0 Å². The van der Waals surface area contributed by atoms with E-state index in [1.807, 2.05) is 68.4 Å². The van der Waals surface area contributed by atoms with Crippen molar-refractivity contribution in [3.8, 4) is 11.5 Å². The number of rotatable bonds is 13. The van der Waals surface area contributed by atoms with Gasteiger partial charge in [-0.3, -0.25) is 13.9 Å². The van der Waals surface area contributed by atoms with Gasteiger partial charge in [-0.1, -0.05) is 61.5 Å². The minimum absolute atomic E-state index is 0.0594. The predicted molar refractivity (Wildman–Crippen MR) is 177 cm³/mol. The minimum Gasteiger partial charge on any atom is -0.486 e. The number of carbonyl (C=O) groups excluding carboxylic acids is 2. The summed E-state index contributed by atoms with van der Waals surface area (Å²) in [5.41, 5.74) is 2.65. The number of sulfonamides is 1. The first-order chi connectivity index (χ1) is 22.7. The lowest BCUT2D eigenvalue weighted by Crippen LogP contribution is -2.53. The van der Waals surface area contributed by atoms with E-state index in [1.54, 1.807) is 0 Å². The highest BCUT2D eigenvalue weighted by Gasteiger charge is 2.35. The predicted octanol–water partition coefficient (Wildman–Crippen LogP) is 5.27. The van der Waals surface area contributed by atoms with Gasteiger partial charge in [0.15, 0.2) is 11.5 Å². The molecule has 1 aliphatic heterocycles. The number of halogens is 1. The molecule has 1 unspecified atom stereocenters. The number of nitrogens with one attached hydrogen (secondary N) is 1. The number of hydrogen-bond acceptors (Lipinski definition) is 6. The lowest BCUT2D eigenvalue weighted by Gasteiger charge is -2.34. The quantitative estimate of drug-likeness (QED) is 0.210. The molecular formula is C36H38FN3O6S. The van der Waals surface area contributed by atoms with Crippen LogP contribution in [0.4, 0.5) is 10.1 Å². The molecule has 4 aromatic rings. The van der Waals surface area contributed by atoms with E-state index in [2.05, 4.69) is 5.32 Å². The third-order valence-electron chi connectivity index (χ3n) is 7.92. The molecule has 0 aliphatic carbocycles. The summed E-state index contributed by atoms with van der Waals surface area (Å²) in [6.07, 6.45) is 0.904. The van der Waals surface area contributed by atoms with Crippen LogP contribution in [-0.4, -0.2) is 57.5 Å². The molecule has 0 saturated heterocycles. The molecule has 1 atom stereocenters. The van der Waals surface area contributed by atoms with Crippen molar-refractivity contribution in [1.82, 2.24) is 10.2 Å². The van der Waals surface area contributed by atoms with Gasteiger partial charge in [-0.2, -0.15) is 0 Å². The van der Waals surface area contributed by atoms with E-state index < -0.39 is 34.3 Å². The third-order valence-corrected chi connectivity index (χ3v) is 9.69. The molecule has 1 aliphatic rings. The molecule has 0 spiro atoms. The Labute approximate surface area is 275 Å². The number of ether oxygens (including phenoxy) is 2. The standard InChI is InChI=1S/C36H38FN3O6S/c1-3-19-38-36(42)32(22-27-10-5-4-6-11-27)39(24-28-12-8-7-9-26(28)2)35(41)25-40(30-15-13-29(37)14-16-30)47(43,44)31-17-18-33-34(23-31)46-21-20-45-33/h4-18,23,32H,3,19-22,24-25H2,1-2H3,(H,38,42). The molecule has 0 bridgehead atoms. The molecule has 0 fully saturated rings. The van der Waals surface area contributed by atoms with Crippen molar-refractivity contribution in [1.29, 1.82) is 0 Å². The maximum absolute atomic E-state index is 14.6. The fraction of sp³-hybridized carbons (Fsp3) is 0.278. The zero-order valence-corrected chi connectivity index (χ0v) is 27.2. The number of benzene rings is 4. The molecule has 246 valence electrons. The second-order valence-corrected chi connectivity index (χ2v) is 13.1. The molecule has 1 heterocycles. The normalized spacial score (nSPS) is 13.0. The summed E-state index contributed by atoms with van der Waals surface area (Å²) >= 11 is 0. The van der Waals surface area contributed by atoms with Gasteiger partial charge in [0.1, 0.15) is 31.6 Å². The number of hydrogen-bond donors (Lipinski definition) is 1. The third kappa shape index (κ3) is 8.10. The number of aryl methyl sites for hydroxylation is 1. The Hall–Kier alpha value is -4.90. The molecule has 1 N–H and O–H groups in total. The van der Waals surface area contributed by atoms with Crippen molar-refractivity contribution < 1.29 is 31.9 Å². The summed E-state index contributed by atoms with van der Waals surface area (Å²) in [5.74, 6) is -0.842. The molecule has 0 aromatic heterocycles. The Morgan fingerprint density at radius 2 is 1.57 bits per heavy atom. The molecular weight excluding hydrogens is 621 g/mol. The molecule has 11 heteroatoms. The van der Waals surface area contributed by atoms with Crippen LogP contribution in [0.1, 0.15) is 30.0 Å². The fourth-order valence-electron chi connectivity index (χ4n) is 5.34. The second-order valence-electron chi connectivity index (χ2n) is 11.2. The van der Waals surface area contributed by atoms with Gasteiger partial charge in [0.25, 0.3) is 10.0 Å². The minimum atomic E-state index is -4.40. The number of fused-ring (bicyclic) bond motifs is 1. The highest BCUT2D eigenvalue weighted by molar-refractivity contribution is 7.92. The zero-order chi connectivity index (χ0) is 33.4. The van der Waals surface area contributed by atoms with E-state index in [0.717, 1.165) is 33.1 Å². The maximum atomic E-state index is 14.6. The summed E-state index contributed by atoms with van der Waals surface area (Å²) in [6, 6.07) is 25.0. The van der Waals surface area contributed by atoms with E-state index in [1.165, 1.54) is 35.2 Å². The molecule has 47 heavy (non-hydrogen) atoms. The summed E-state index contributed by atoms with van der Waals surface area (Å²) < 4.78 is 54.7. The Morgan fingerprint density at radius 1 is 0.894 bits per heavy atom. The largest absolute Gasteiger partial charge is 0.486 e. The van der Waals surface area contributed by atoms with E-state index >= 15 is 0 Å². The van der Waals surface area contributed by atoms with Crippen LogP contribution in [0.2, 0.25) is 0 Å². The van der Waals surface area contributed by atoms with Crippen LogP contribution in [0.3, 0.4) is 0 Å². The van der Waals surface area contributed by atoms with Crippen LogP contribution in [0.15, 0.2) is 102 Å². The highest BCUT2D eigenvalue weighted by atomic mass is 32.2. The SMILES string of the molecule is CCCNC(=O)C(Cc1ccccc1)N(Cc1ccccc1C)C(=O)CN(c1ccc(F)cc1)S(=O)(=O)c1ccc2c(c1)OCCO2. The Morgan fingerprint density at radius 3 is 2.28 bits per heavy atom. The van der Waals surface area contributed by atoms with Crippen molar-refractivity contribution in [2.75, 3.05) is 30.6 Å². The molecule has 4 aromatic carbocycles. The van der Waals surface area contributed by atoms with Gasteiger partial charge in [-0.15, -0.1) is 0 Å².